The zero-order valence-corrected chi connectivity index (χ0v) is 10.8. The standard InChI is InChI=1S/C15H16F2O/c1-9-4-5-12(16)13(14(9)17)10-6-11(18)8-15(2,3)7-10/h4-6H,7-8H2,1-3H3. The van der Waals surface area contributed by atoms with Gasteiger partial charge in [-0.2, -0.15) is 0 Å². The third kappa shape index (κ3) is 2.35. The molecule has 0 unspecified atom stereocenters. The first-order valence-electron chi connectivity index (χ1n) is 5.98. The zero-order chi connectivity index (χ0) is 13.5. The van der Waals surface area contributed by atoms with Crippen molar-refractivity contribution in [1.29, 1.82) is 0 Å². The molecule has 3 heteroatoms. The van der Waals surface area contributed by atoms with Crippen molar-refractivity contribution < 1.29 is 13.6 Å². The Morgan fingerprint density at radius 1 is 1.17 bits per heavy atom. The number of benzene rings is 1. The van der Waals surface area contributed by atoms with Gasteiger partial charge in [0.25, 0.3) is 0 Å². The van der Waals surface area contributed by atoms with Crippen LogP contribution in [0.1, 0.15) is 37.8 Å². The molecule has 1 aromatic carbocycles. The van der Waals surface area contributed by atoms with Crippen molar-refractivity contribution in [2.24, 2.45) is 5.41 Å². The van der Waals surface area contributed by atoms with Gasteiger partial charge < -0.3 is 0 Å². The number of halogens is 2. The number of aryl methyl sites for hydroxylation is 1. The van der Waals surface area contributed by atoms with Gasteiger partial charge in [0, 0.05) is 12.0 Å². The molecule has 0 N–H and O–H groups in total. The fourth-order valence-corrected chi connectivity index (χ4v) is 2.46. The van der Waals surface area contributed by atoms with Crippen molar-refractivity contribution in [2.75, 3.05) is 0 Å². The molecule has 0 fully saturated rings. The molecule has 0 atom stereocenters. The summed E-state index contributed by atoms with van der Waals surface area (Å²) >= 11 is 0. The monoisotopic (exact) mass is 250 g/mol. The van der Waals surface area contributed by atoms with Crippen molar-refractivity contribution >= 4 is 11.4 Å². The van der Waals surface area contributed by atoms with E-state index in [-0.39, 0.29) is 16.8 Å². The average Bonchev–Trinajstić information content (AvgIpc) is 2.21. The van der Waals surface area contributed by atoms with E-state index in [1.54, 1.807) is 6.92 Å². The lowest BCUT2D eigenvalue weighted by Gasteiger charge is -2.29. The van der Waals surface area contributed by atoms with Gasteiger partial charge in [0.1, 0.15) is 11.6 Å². The van der Waals surface area contributed by atoms with Gasteiger partial charge in [-0.3, -0.25) is 4.79 Å². The first-order chi connectivity index (χ1) is 8.30. The number of carbonyl (C=O) groups excluding carboxylic acids is 1. The summed E-state index contributed by atoms with van der Waals surface area (Å²) in [5, 5.41) is 0. The van der Waals surface area contributed by atoms with Crippen LogP contribution in [0, 0.1) is 24.0 Å². The minimum absolute atomic E-state index is 0.0453. The van der Waals surface area contributed by atoms with Crippen LogP contribution in [-0.2, 0) is 4.79 Å². The van der Waals surface area contributed by atoms with E-state index >= 15 is 0 Å². The quantitative estimate of drug-likeness (QED) is 0.735. The van der Waals surface area contributed by atoms with E-state index in [1.807, 2.05) is 13.8 Å². The molecule has 1 aliphatic carbocycles. The van der Waals surface area contributed by atoms with Crippen LogP contribution >= 0.6 is 0 Å². The number of carbonyl (C=O) groups is 1. The van der Waals surface area contributed by atoms with Gasteiger partial charge in [-0.1, -0.05) is 19.9 Å². The fourth-order valence-electron chi connectivity index (χ4n) is 2.46. The zero-order valence-electron chi connectivity index (χ0n) is 10.8. The molecule has 0 spiro atoms. The van der Waals surface area contributed by atoms with Crippen LogP contribution < -0.4 is 0 Å². The summed E-state index contributed by atoms with van der Waals surface area (Å²) in [6.45, 7) is 5.46. The molecular weight excluding hydrogens is 234 g/mol. The van der Waals surface area contributed by atoms with Crippen molar-refractivity contribution in [1.82, 2.24) is 0 Å². The van der Waals surface area contributed by atoms with Crippen molar-refractivity contribution in [3.63, 3.8) is 0 Å². The second-order valence-electron chi connectivity index (χ2n) is 5.71. The summed E-state index contributed by atoms with van der Waals surface area (Å²) in [7, 11) is 0. The van der Waals surface area contributed by atoms with Gasteiger partial charge in [-0.25, -0.2) is 8.78 Å². The summed E-state index contributed by atoms with van der Waals surface area (Å²) in [6, 6.07) is 2.66. The normalized spacial score (nSPS) is 18.7. The minimum atomic E-state index is -0.602. The smallest absolute Gasteiger partial charge is 0.156 e. The Balaban J connectivity index is 2.56. The van der Waals surface area contributed by atoms with Crippen LogP contribution in [0.15, 0.2) is 18.2 Å². The van der Waals surface area contributed by atoms with Gasteiger partial charge in [0.15, 0.2) is 5.78 Å². The third-order valence-electron chi connectivity index (χ3n) is 3.26. The van der Waals surface area contributed by atoms with E-state index in [0.29, 0.717) is 24.0 Å². The maximum atomic E-state index is 14.0. The van der Waals surface area contributed by atoms with Crippen LogP contribution in [0.5, 0.6) is 0 Å². The molecule has 18 heavy (non-hydrogen) atoms. The van der Waals surface area contributed by atoms with Crippen molar-refractivity contribution in [2.45, 2.75) is 33.6 Å². The maximum Gasteiger partial charge on any atom is 0.156 e. The molecule has 0 radical (unpaired) electrons. The SMILES string of the molecule is Cc1ccc(F)c(C2=CC(=O)CC(C)(C)C2)c1F. The molecule has 96 valence electrons. The van der Waals surface area contributed by atoms with Crippen molar-refractivity contribution in [3.8, 4) is 0 Å². The number of hydrogen-bond donors (Lipinski definition) is 0. The maximum absolute atomic E-state index is 14.0. The lowest BCUT2D eigenvalue weighted by Crippen LogP contribution is -2.22. The van der Waals surface area contributed by atoms with E-state index in [2.05, 4.69) is 0 Å². The molecule has 1 aromatic rings. The van der Waals surface area contributed by atoms with Crippen LogP contribution in [0.25, 0.3) is 5.57 Å². The molecule has 1 aliphatic rings. The Kier molecular flexibility index (Phi) is 3.09. The molecule has 0 bridgehead atoms. The van der Waals surface area contributed by atoms with Crippen LogP contribution in [-0.4, -0.2) is 5.78 Å². The van der Waals surface area contributed by atoms with Gasteiger partial charge in [-0.15, -0.1) is 0 Å². The van der Waals surface area contributed by atoms with E-state index < -0.39 is 11.6 Å². The van der Waals surface area contributed by atoms with Crippen LogP contribution in [0.3, 0.4) is 0 Å². The predicted molar refractivity (Wildman–Crippen MR) is 67.1 cm³/mol. The Labute approximate surface area is 106 Å². The Morgan fingerprint density at radius 3 is 2.44 bits per heavy atom. The molecule has 2 rings (SSSR count). The molecule has 0 heterocycles. The number of hydrogen-bond acceptors (Lipinski definition) is 1. The molecule has 1 nitrogen and oxygen atoms in total. The van der Waals surface area contributed by atoms with Crippen LogP contribution in [0.4, 0.5) is 8.78 Å². The first-order valence-corrected chi connectivity index (χ1v) is 5.98. The number of ketones is 1. The molecular formula is C15H16F2O. The highest BCUT2D eigenvalue weighted by atomic mass is 19.1. The molecule has 0 amide bonds. The molecule has 0 saturated carbocycles. The summed E-state index contributed by atoms with van der Waals surface area (Å²) in [6.07, 6.45) is 2.31. The van der Waals surface area contributed by atoms with E-state index in [4.69, 9.17) is 0 Å². The minimum Gasteiger partial charge on any atom is -0.295 e. The lowest BCUT2D eigenvalue weighted by atomic mass is 9.75. The third-order valence-corrected chi connectivity index (χ3v) is 3.26. The Morgan fingerprint density at radius 2 is 1.83 bits per heavy atom. The average molecular weight is 250 g/mol. The van der Waals surface area contributed by atoms with Gasteiger partial charge in [0.2, 0.25) is 0 Å². The predicted octanol–water partition coefficient (Wildman–Crippen LogP) is 4.05. The van der Waals surface area contributed by atoms with Gasteiger partial charge >= 0.3 is 0 Å². The van der Waals surface area contributed by atoms with Gasteiger partial charge in [-0.05, 0) is 42.0 Å². The van der Waals surface area contributed by atoms with Gasteiger partial charge in [0.05, 0.1) is 0 Å². The Bertz CT molecular complexity index is 542. The topological polar surface area (TPSA) is 17.1 Å². The second kappa shape index (κ2) is 4.30. The summed E-state index contributed by atoms with van der Waals surface area (Å²) < 4.78 is 27.8. The highest BCUT2D eigenvalue weighted by Gasteiger charge is 2.30. The second-order valence-corrected chi connectivity index (χ2v) is 5.71. The highest BCUT2D eigenvalue weighted by Crippen LogP contribution is 2.39. The lowest BCUT2D eigenvalue weighted by molar-refractivity contribution is -0.116. The number of allylic oxidation sites excluding steroid dienone is 2. The number of rotatable bonds is 1. The van der Waals surface area contributed by atoms with Crippen molar-refractivity contribution in [3.05, 3.63) is 41.0 Å². The van der Waals surface area contributed by atoms with E-state index in [0.717, 1.165) is 0 Å². The molecule has 0 aromatic heterocycles. The largest absolute Gasteiger partial charge is 0.295 e. The summed E-state index contributed by atoms with van der Waals surface area (Å²) in [4.78, 5) is 11.6. The van der Waals surface area contributed by atoms with E-state index in [9.17, 15) is 13.6 Å². The Hall–Kier alpha value is -1.51. The molecule has 0 aliphatic heterocycles. The summed E-state index contributed by atoms with van der Waals surface area (Å²) in [5.74, 6) is -1.23. The highest BCUT2D eigenvalue weighted by molar-refractivity contribution is 5.99. The first kappa shape index (κ1) is 12.9. The van der Waals surface area contributed by atoms with E-state index in [1.165, 1.54) is 18.2 Å². The van der Waals surface area contributed by atoms with Crippen LogP contribution in [0.2, 0.25) is 0 Å². The molecule has 0 saturated heterocycles. The fraction of sp³-hybridized carbons (Fsp3) is 0.400. The summed E-state index contributed by atoms with van der Waals surface area (Å²) in [5.41, 5.74) is 0.568.